The van der Waals surface area contributed by atoms with Gasteiger partial charge in [-0.1, -0.05) is 0 Å². The van der Waals surface area contributed by atoms with Gasteiger partial charge >= 0.3 is 11.1 Å². The maximum absolute atomic E-state index is 12.4. The molecule has 1 unspecified atom stereocenters. The number of aromatic hydroxyl groups is 1. The lowest BCUT2D eigenvalue weighted by atomic mass is 9.86. The highest BCUT2D eigenvalue weighted by atomic mass is 16.6. The number of nitrogens with zero attached hydrogens (tertiary/aromatic N) is 2. The lowest BCUT2D eigenvalue weighted by molar-refractivity contribution is -0.385. The van der Waals surface area contributed by atoms with Crippen LogP contribution in [0.4, 0.5) is 5.69 Å². The van der Waals surface area contributed by atoms with Crippen molar-refractivity contribution < 1.29 is 19.3 Å². The fourth-order valence-electron chi connectivity index (χ4n) is 3.83. The van der Waals surface area contributed by atoms with E-state index in [2.05, 4.69) is 20.4 Å². The zero-order chi connectivity index (χ0) is 21.6. The second-order valence-electron chi connectivity index (χ2n) is 7.17. The maximum atomic E-state index is 12.4. The quantitative estimate of drug-likeness (QED) is 0.267. The molecule has 0 spiro atoms. The van der Waals surface area contributed by atoms with E-state index in [1.165, 1.54) is 6.07 Å². The zero-order valence-corrected chi connectivity index (χ0v) is 15.8. The van der Waals surface area contributed by atoms with Crippen molar-refractivity contribution in [3.05, 3.63) is 59.3 Å². The summed E-state index contributed by atoms with van der Waals surface area (Å²) in [4.78, 5) is 51.7. The number of rotatable bonds is 4. The first-order valence-corrected chi connectivity index (χ1v) is 9.13. The highest BCUT2D eigenvalue weighted by Crippen LogP contribution is 2.34. The van der Waals surface area contributed by atoms with Crippen LogP contribution in [0.25, 0.3) is 11.0 Å². The number of fused-ring (bicyclic) bond motifs is 3. The number of carbonyl (C=O) groups is 1. The second kappa shape index (κ2) is 7.13. The standard InChI is InChI=1S/C18H17N5O7/c1-7-10(16(25)22-30-7)5-14(24)19-8-2-3-9-11(4-8)15-12(6-13(9)23(28)29)20-17(26)18(27)21-15/h6,8H,2-5H2,1H3,(H,19,24)(H,20,26)(H,21,27)(H,22,25). The number of nitro benzene ring substituents is 1. The molecule has 12 heteroatoms. The summed E-state index contributed by atoms with van der Waals surface area (Å²) in [6.45, 7) is 1.58. The summed E-state index contributed by atoms with van der Waals surface area (Å²) in [7, 11) is 0. The van der Waals surface area contributed by atoms with Gasteiger partial charge in [0.2, 0.25) is 5.91 Å². The SMILES string of the molecule is Cc1onc(O)c1CC(=O)NC1CCc2c([N+](=O)[O-])cc3[nH]c(=O)c(=O)[nH]c3c2C1. The number of hydrogen-bond acceptors (Lipinski definition) is 8. The van der Waals surface area contributed by atoms with E-state index >= 15 is 0 Å². The Morgan fingerprint density at radius 2 is 2.10 bits per heavy atom. The van der Waals surface area contributed by atoms with Crippen LogP contribution in [0.1, 0.15) is 28.9 Å². The molecule has 0 saturated carbocycles. The van der Waals surface area contributed by atoms with Crippen LogP contribution < -0.4 is 16.4 Å². The number of nitrogens with one attached hydrogen (secondary N) is 3. The molecule has 4 N–H and O–H groups in total. The molecule has 2 aromatic heterocycles. The lowest BCUT2D eigenvalue weighted by Gasteiger charge is -2.26. The number of H-pyrrole nitrogens is 2. The van der Waals surface area contributed by atoms with Crippen molar-refractivity contribution in [1.82, 2.24) is 20.4 Å². The largest absolute Gasteiger partial charge is 0.491 e. The number of amides is 1. The fourth-order valence-corrected chi connectivity index (χ4v) is 3.83. The Balaban J connectivity index is 1.66. The van der Waals surface area contributed by atoms with Gasteiger partial charge in [-0.15, -0.1) is 0 Å². The van der Waals surface area contributed by atoms with Gasteiger partial charge in [-0.2, -0.15) is 0 Å². The van der Waals surface area contributed by atoms with Gasteiger partial charge in [-0.25, -0.2) is 0 Å². The molecule has 12 nitrogen and oxygen atoms in total. The molecule has 0 fully saturated rings. The second-order valence-corrected chi connectivity index (χ2v) is 7.17. The molecule has 1 amide bonds. The van der Waals surface area contributed by atoms with E-state index < -0.39 is 16.0 Å². The summed E-state index contributed by atoms with van der Waals surface area (Å²) in [5, 5.41) is 27.4. The first-order valence-electron chi connectivity index (χ1n) is 9.13. The molecular weight excluding hydrogens is 398 g/mol. The van der Waals surface area contributed by atoms with E-state index in [1.807, 2.05) is 0 Å². The van der Waals surface area contributed by atoms with Crippen molar-refractivity contribution in [3.63, 3.8) is 0 Å². The molecule has 1 aromatic carbocycles. The number of carbonyl (C=O) groups excluding carboxylic acids is 1. The maximum Gasteiger partial charge on any atom is 0.314 e. The van der Waals surface area contributed by atoms with Gasteiger partial charge in [0, 0.05) is 17.7 Å². The Kier molecular flexibility index (Phi) is 4.60. The van der Waals surface area contributed by atoms with Crippen molar-refractivity contribution in [1.29, 1.82) is 0 Å². The van der Waals surface area contributed by atoms with Crippen molar-refractivity contribution in [2.45, 2.75) is 38.6 Å². The molecule has 0 saturated heterocycles. The average Bonchev–Trinajstić information content (AvgIpc) is 3.00. The fraction of sp³-hybridized carbons (Fsp3) is 0.333. The Hall–Kier alpha value is -3.96. The first-order chi connectivity index (χ1) is 14.2. The summed E-state index contributed by atoms with van der Waals surface area (Å²) in [5.41, 5.74) is -0.179. The van der Waals surface area contributed by atoms with Gasteiger partial charge in [0.25, 0.3) is 11.6 Å². The van der Waals surface area contributed by atoms with Crippen LogP contribution in [0.2, 0.25) is 0 Å². The minimum atomic E-state index is -0.902. The monoisotopic (exact) mass is 415 g/mol. The molecule has 30 heavy (non-hydrogen) atoms. The number of hydrogen-bond donors (Lipinski definition) is 4. The summed E-state index contributed by atoms with van der Waals surface area (Å²) in [5.74, 6) is -0.388. The predicted octanol–water partition coefficient (Wildman–Crippen LogP) is 0.343. The Labute approximate surface area is 167 Å². The Morgan fingerprint density at radius 3 is 2.77 bits per heavy atom. The minimum Gasteiger partial charge on any atom is -0.491 e. The number of aryl methyl sites for hydroxylation is 1. The smallest absolute Gasteiger partial charge is 0.314 e. The number of aromatic nitrogens is 3. The van der Waals surface area contributed by atoms with Crippen LogP contribution in [0, 0.1) is 17.0 Å². The average molecular weight is 415 g/mol. The van der Waals surface area contributed by atoms with Gasteiger partial charge in [0.1, 0.15) is 5.76 Å². The molecule has 1 aliphatic carbocycles. The molecule has 0 bridgehead atoms. The molecule has 3 aromatic rings. The van der Waals surface area contributed by atoms with Crippen LogP contribution in [0.3, 0.4) is 0 Å². The lowest BCUT2D eigenvalue weighted by Crippen LogP contribution is -2.40. The molecular formula is C18H17N5O7. The molecule has 0 aliphatic heterocycles. The van der Waals surface area contributed by atoms with Gasteiger partial charge in [0.15, 0.2) is 0 Å². The number of nitro groups is 1. The van der Waals surface area contributed by atoms with Crippen LogP contribution in [0.5, 0.6) is 5.88 Å². The molecule has 2 heterocycles. The van der Waals surface area contributed by atoms with Gasteiger partial charge in [-0.3, -0.25) is 24.5 Å². The Bertz CT molecular complexity index is 1280. The van der Waals surface area contributed by atoms with E-state index in [1.54, 1.807) is 6.92 Å². The topological polar surface area (TPSA) is 184 Å². The molecule has 1 atom stereocenters. The van der Waals surface area contributed by atoms with Crippen molar-refractivity contribution >= 4 is 22.6 Å². The van der Waals surface area contributed by atoms with Crippen molar-refractivity contribution in [3.8, 4) is 5.88 Å². The Morgan fingerprint density at radius 1 is 1.37 bits per heavy atom. The molecule has 156 valence electrons. The van der Waals surface area contributed by atoms with E-state index in [0.717, 1.165) is 0 Å². The van der Waals surface area contributed by atoms with E-state index in [0.29, 0.717) is 35.2 Å². The summed E-state index contributed by atoms with van der Waals surface area (Å²) < 4.78 is 4.83. The van der Waals surface area contributed by atoms with E-state index in [-0.39, 0.29) is 47.4 Å². The van der Waals surface area contributed by atoms with Gasteiger partial charge < -0.3 is 24.9 Å². The van der Waals surface area contributed by atoms with E-state index in [9.17, 15) is 29.6 Å². The van der Waals surface area contributed by atoms with Crippen LogP contribution >= 0.6 is 0 Å². The number of benzene rings is 1. The van der Waals surface area contributed by atoms with Crippen LogP contribution in [-0.4, -0.2) is 37.1 Å². The van der Waals surface area contributed by atoms with E-state index in [4.69, 9.17) is 4.52 Å². The number of aromatic amines is 2. The molecule has 1 aliphatic rings. The highest BCUT2D eigenvalue weighted by Gasteiger charge is 2.29. The van der Waals surface area contributed by atoms with Gasteiger partial charge in [0.05, 0.1) is 27.9 Å². The third-order valence-electron chi connectivity index (χ3n) is 5.27. The third-order valence-corrected chi connectivity index (χ3v) is 5.27. The minimum absolute atomic E-state index is 0.135. The molecule has 0 radical (unpaired) electrons. The van der Waals surface area contributed by atoms with Crippen LogP contribution in [0.15, 0.2) is 20.2 Å². The predicted molar refractivity (Wildman–Crippen MR) is 102 cm³/mol. The summed E-state index contributed by atoms with van der Waals surface area (Å²) in [6.07, 6.45) is 0.860. The van der Waals surface area contributed by atoms with Crippen molar-refractivity contribution in [2.75, 3.05) is 0 Å². The molecule has 4 rings (SSSR count). The van der Waals surface area contributed by atoms with Crippen LogP contribution in [-0.2, 0) is 24.1 Å². The summed E-state index contributed by atoms with van der Waals surface area (Å²) in [6, 6.07) is 0.884. The first kappa shape index (κ1) is 19.4. The zero-order valence-electron chi connectivity index (χ0n) is 15.8. The third kappa shape index (κ3) is 3.32. The van der Waals surface area contributed by atoms with Crippen molar-refractivity contribution in [2.24, 2.45) is 0 Å². The van der Waals surface area contributed by atoms with Gasteiger partial charge in [-0.05, 0) is 36.9 Å². The summed E-state index contributed by atoms with van der Waals surface area (Å²) >= 11 is 0. The normalized spacial score (nSPS) is 15.7. The highest BCUT2D eigenvalue weighted by molar-refractivity contribution is 5.84.